The number of nitrogens with zero attached hydrogens (tertiary/aromatic N) is 1. The van der Waals surface area contributed by atoms with Crippen LogP contribution in [-0.2, 0) is 6.54 Å². The molecule has 0 aliphatic rings. The first-order valence-electron chi connectivity index (χ1n) is 7.29. The lowest BCUT2D eigenvalue weighted by Gasteiger charge is -2.25. The van der Waals surface area contributed by atoms with Crippen LogP contribution in [0.3, 0.4) is 0 Å². The van der Waals surface area contributed by atoms with E-state index in [4.69, 9.17) is 10.5 Å². The van der Waals surface area contributed by atoms with Gasteiger partial charge in [-0.2, -0.15) is 0 Å². The molecular formula is C16H28N2O. The second-order valence-electron chi connectivity index (χ2n) is 5.09. The van der Waals surface area contributed by atoms with Crippen molar-refractivity contribution in [2.45, 2.75) is 40.2 Å². The van der Waals surface area contributed by atoms with E-state index in [-0.39, 0.29) is 0 Å². The highest BCUT2D eigenvalue weighted by molar-refractivity contribution is 5.54. The number of anilines is 1. The average Bonchev–Trinajstić information content (AvgIpc) is 2.43. The van der Waals surface area contributed by atoms with E-state index in [0.717, 1.165) is 37.0 Å². The first-order valence-corrected chi connectivity index (χ1v) is 7.29. The summed E-state index contributed by atoms with van der Waals surface area (Å²) in [5.41, 5.74) is 7.94. The Hall–Kier alpha value is -1.22. The monoisotopic (exact) mass is 264 g/mol. The number of nitrogens with two attached hydrogens (primary N) is 1. The van der Waals surface area contributed by atoms with Crippen LogP contribution in [0.5, 0.6) is 5.75 Å². The highest BCUT2D eigenvalue weighted by atomic mass is 16.5. The Morgan fingerprint density at radius 3 is 2.37 bits per heavy atom. The molecule has 0 bridgehead atoms. The highest BCUT2D eigenvalue weighted by Gasteiger charge is 2.11. The number of hydrogen-bond donors (Lipinski definition) is 1. The van der Waals surface area contributed by atoms with E-state index in [2.05, 4.69) is 31.7 Å². The zero-order chi connectivity index (χ0) is 14.3. The molecule has 0 fully saturated rings. The minimum atomic E-state index is 0.721. The SMILES string of the molecule is CCC(CC)CN(CC)Cc1ccc(OC)c(N)c1. The van der Waals surface area contributed by atoms with Gasteiger partial charge in [-0.1, -0.05) is 39.7 Å². The summed E-state index contributed by atoms with van der Waals surface area (Å²) in [6, 6.07) is 6.08. The van der Waals surface area contributed by atoms with E-state index in [1.54, 1.807) is 7.11 Å². The summed E-state index contributed by atoms with van der Waals surface area (Å²) in [7, 11) is 1.65. The minimum absolute atomic E-state index is 0.721. The molecule has 3 nitrogen and oxygen atoms in total. The molecule has 0 saturated carbocycles. The van der Waals surface area contributed by atoms with Crippen LogP contribution in [0, 0.1) is 5.92 Å². The zero-order valence-corrected chi connectivity index (χ0v) is 12.8. The largest absolute Gasteiger partial charge is 0.495 e. The van der Waals surface area contributed by atoms with E-state index in [1.165, 1.54) is 18.4 Å². The second-order valence-corrected chi connectivity index (χ2v) is 5.09. The molecule has 1 aromatic carbocycles. The number of methoxy groups -OCH3 is 1. The Labute approximate surface area is 117 Å². The molecule has 0 aromatic heterocycles. The number of benzene rings is 1. The highest BCUT2D eigenvalue weighted by Crippen LogP contribution is 2.23. The zero-order valence-electron chi connectivity index (χ0n) is 12.8. The molecule has 0 heterocycles. The fraction of sp³-hybridized carbons (Fsp3) is 0.625. The lowest BCUT2D eigenvalue weighted by atomic mass is 10.0. The van der Waals surface area contributed by atoms with Gasteiger partial charge < -0.3 is 10.5 Å². The summed E-state index contributed by atoms with van der Waals surface area (Å²) in [6.45, 7) is 9.95. The molecule has 0 spiro atoms. The minimum Gasteiger partial charge on any atom is -0.495 e. The van der Waals surface area contributed by atoms with Gasteiger partial charge in [0, 0.05) is 13.1 Å². The molecule has 0 amide bonds. The van der Waals surface area contributed by atoms with Crippen molar-refractivity contribution in [3.63, 3.8) is 0 Å². The molecule has 0 aliphatic carbocycles. The lowest BCUT2D eigenvalue weighted by molar-refractivity contribution is 0.226. The number of rotatable bonds is 8. The van der Waals surface area contributed by atoms with Crippen LogP contribution in [0.2, 0.25) is 0 Å². The summed E-state index contributed by atoms with van der Waals surface area (Å²) in [5, 5.41) is 0. The lowest BCUT2D eigenvalue weighted by Crippen LogP contribution is -2.28. The van der Waals surface area contributed by atoms with Crippen LogP contribution in [-0.4, -0.2) is 25.1 Å². The van der Waals surface area contributed by atoms with E-state index < -0.39 is 0 Å². The van der Waals surface area contributed by atoms with Gasteiger partial charge in [0.1, 0.15) is 5.75 Å². The Morgan fingerprint density at radius 2 is 1.89 bits per heavy atom. The van der Waals surface area contributed by atoms with Crippen molar-refractivity contribution in [1.82, 2.24) is 4.90 Å². The van der Waals surface area contributed by atoms with Crippen molar-refractivity contribution in [3.8, 4) is 5.75 Å². The molecule has 0 aliphatic heterocycles. The van der Waals surface area contributed by atoms with Crippen molar-refractivity contribution < 1.29 is 4.74 Å². The Balaban J connectivity index is 2.67. The molecular weight excluding hydrogens is 236 g/mol. The van der Waals surface area contributed by atoms with Crippen molar-refractivity contribution in [2.75, 3.05) is 25.9 Å². The van der Waals surface area contributed by atoms with Crippen LogP contribution >= 0.6 is 0 Å². The predicted octanol–water partition coefficient (Wildman–Crippen LogP) is 3.54. The van der Waals surface area contributed by atoms with Gasteiger partial charge in [-0.3, -0.25) is 4.90 Å². The fourth-order valence-corrected chi connectivity index (χ4v) is 2.36. The Bertz CT molecular complexity index is 375. The second kappa shape index (κ2) is 8.05. The smallest absolute Gasteiger partial charge is 0.141 e. The maximum atomic E-state index is 5.96. The van der Waals surface area contributed by atoms with Gasteiger partial charge in [-0.05, 0) is 30.2 Å². The van der Waals surface area contributed by atoms with Crippen LogP contribution < -0.4 is 10.5 Å². The average molecular weight is 264 g/mol. The third-order valence-electron chi connectivity index (χ3n) is 3.82. The molecule has 0 unspecified atom stereocenters. The number of ether oxygens (including phenoxy) is 1. The maximum absolute atomic E-state index is 5.96. The normalized spacial score (nSPS) is 11.3. The van der Waals surface area contributed by atoms with Crippen LogP contribution in [0.4, 0.5) is 5.69 Å². The topological polar surface area (TPSA) is 38.5 Å². The first-order chi connectivity index (χ1) is 9.14. The molecule has 0 atom stereocenters. The van der Waals surface area contributed by atoms with Crippen LogP contribution in [0.25, 0.3) is 0 Å². The van der Waals surface area contributed by atoms with E-state index in [1.807, 2.05) is 12.1 Å². The molecule has 3 heteroatoms. The Kier molecular flexibility index (Phi) is 6.71. The van der Waals surface area contributed by atoms with Gasteiger partial charge in [-0.25, -0.2) is 0 Å². The van der Waals surface area contributed by atoms with Gasteiger partial charge >= 0.3 is 0 Å². The molecule has 2 N–H and O–H groups in total. The third-order valence-corrected chi connectivity index (χ3v) is 3.82. The molecule has 0 radical (unpaired) electrons. The van der Waals surface area contributed by atoms with Gasteiger partial charge in [0.05, 0.1) is 12.8 Å². The standard InChI is InChI=1S/C16H28N2O/c1-5-13(6-2)11-18(7-3)12-14-8-9-16(19-4)15(17)10-14/h8-10,13H,5-7,11-12,17H2,1-4H3. The predicted molar refractivity (Wildman–Crippen MR) is 82.4 cm³/mol. The van der Waals surface area contributed by atoms with Crippen molar-refractivity contribution in [3.05, 3.63) is 23.8 Å². The first kappa shape index (κ1) is 15.8. The molecule has 0 saturated heterocycles. The van der Waals surface area contributed by atoms with E-state index in [9.17, 15) is 0 Å². The van der Waals surface area contributed by atoms with E-state index in [0.29, 0.717) is 0 Å². The van der Waals surface area contributed by atoms with Gasteiger partial charge in [-0.15, -0.1) is 0 Å². The summed E-state index contributed by atoms with van der Waals surface area (Å²) in [5.74, 6) is 1.54. The van der Waals surface area contributed by atoms with Gasteiger partial charge in [0.15, 0.2) is 0 Å². The van der Waals surface area contributed by atoms with Crippen molar-refractivity contribution >= 4 is 5.69 Å². The maximum Gasteiger partial charge on any atom is 0.141 e. The fourth-order valence-electron chi connectivity index (χ4n) is 2.36. The Morgan fingerprint density at radius 1 is 1.21 bits per heavy atom. The molecule has 19 heavy (non-hydrogen) atoms. The van der Waals surface area contributed by atoms with E-state index >= 15 is 0 Å². The third kappa shape index (κ3) is 4.75. The van der Waals surface area contributed by atoms with Crippen LogP contribution in [0.15, 0.2) is 18.2 Å². The van der Waals surface area contributed by atoms with Crippen molar-refractivity contribution in [1.29, 1.82) is 0 Å². The molecule has 108 valence electrons. The summed E-state index contributed by atoms with van der Waals surface area (Å²) < 4.78 is 5.19. The summed E-state index contributed by atoms with van der Waals surface area (Å²) in [6.07, 6.45) is 2.50. The number of hydrogen-bond acceptors (Lipinski definition) is 3. The van der Waals surface area contributed by atoms with Crippen molar-refractivity contribution in [2.24, 2.45) is 5.92 Å². The summed E-state index contributed by atoms with van der Waals surface area (Å²) in [4.78, 5) is 2.49. The summed E-state index contributed by atoms with van der Waals surface area (Å²) >= 11 is 0. The quantitative estimate of drug-likeness (QED) is 0.730. The number of nitrogen functional groups attached to an aromatic ring is 1. The van der Waals surface area contributed by atoms with Crippen LogP contribution in [0.1, 0.15) is 39.2 Å². The van der Waals surface area contributed by atoms with Gasteiger partial charge in [0.25, 0.3) is 0 Å². The van der Waals surface area contributed by atoms with Gasteiger partial charge in [0.2, 0.25) is 0 Å². The molecule has 1 aromatic rings. The molecule has 1 rings (SSSR count).